The summed E-state index contributed by atoms with van der Waals surface area (Å²) in [5.41, 5.74) is 2.33. The Hall–Kier alpha value is -1.88. The minimum atomic E-state index is -3.27. The lowest BCUT2D eigenvalue weighted by Crippen LogP contribution is -2.09. The van der Waals surface area contributed by atoms with Gasteiger partial charge in [-0.25, -0.2) is 12.8 Å². The molecule has 0 amide bonds. The van der Waals surface area contributed by atoms with E-state index in [-0.39, 0.29) is 11.6 Å². The van der Waals surface area contributed by atoms with Crippen molar-refractivity contribution in [2.45, 2.75) is 25.3 Å². The number of sulfone groups is 1. The van der Waals surface area contributed by atoms with Gasteiger partial charge in [0, 0.05) is 6.54 Å². The number of hydrogen-bond donors (Lipinski definition) is 1. The van der Waals surface area contributed by atoms with Gasteiger partial charge in [0.1, 0.15) is 5.82 Å². The fourth-order valence-electron chi connectivity index (χ4n) is 2.09. The molecule has 0 radical (unpaired) electrons. The largest absolute Gasteiger partial charge is 0.380 e. The zero-order valence-electron chi connectivity index (χ0n) is 12.1. The number of benzene rings is 2. The topological polar surface area (TPSA) is 46.2 Å². The third-order valence-electron chi connectivity index (χ3n) is 3.38. The number of nitrogens with one attached hydrogen (secondary N) is 1. The first-order valence-corrected chi connectivity index (χ1v) is 8.40. The first-order valence-electron chi connectivity index (χ1n) is 6.74. The van der Waals surface area contributed by atoms with Gasteiger partial charge >= 0.3 is 0 Å². The third-order valence-corrected chi connectivity index (χ3v) is 5.16. The number of aryl methyl sites for hydroxylation is 1. The SMILES string of the molecule is CCS(=O)(=O)c1ccccc1NCc1ccc(F)cc1C. The molecule has 21 heavy (non-hydrogen) atoms. The van der Waals surface area contributed by atoms with Gasteiger partial charge in [-0.2, -0.15) is 0 Å². The van der Waals surface area contributed by atoms with Crippen molar-refractivity contribution in [2.75, 3.05) is 11.1 Å². The maximum atomic E-state index is 13.1. The molecular weight excluding hydrogens is 289 g/mol. The molecule has 0 heterocycles. The van der Waals surface area contributed by atoms with Crippen molar-refractivity contribution >= 4 is 15.5 Å². The molecule has 3 nitrogen and oxygen atoms in total. The lowest BCUT2D eigenvalue weighted by atomic mass is 10.1. The highest BCUT2D eigenvalue weighted by atomic mass is 32.2. The molecule has 5 heteroatoms. The molecule has 1 N–H and O–H groups in total. The van der Waals surface area contributed by atoms with E-state index < -0.39 is 9.84 Å². The summed E-state index contributed by atoms with van der Waals surface area (Å²) in [5.74, 6) is -0.216. The van der Waals surface area contributed by atoms with Gasteiger partial charge in [0.25, 0.3) is 0 Å². The number of hydrogen-bond acceptors (Lipinski definition) is 3. The van der Waals surface area contributed by atoms with Crippen LogP contribution in [0.15, 0.2) is 47.4 Å². The molecule has 0 spiro atoms. The summed E-state index contributed by atoms with van der Waals surface area (Å²) in [6.07, 6.45) is 0. The van der Waals surface area contributed by atoms with Crippen molar-refractivity contribution in [3.8, 4) is 0 Å². The van der Waals surface area contributed by atoms with Crippen LogP contribution in [-0.2, 0) is 16.4 Å². The van der Waals surface area contributed by atoms with Crippen LogP contribution in [0.5, 0.6) is 0 Å². The third kappa shape index (κ3) is 3.61. The summed E-state index contributed by atoms with van der Waals surface area (Å²) < 4.78 is 37.2. The van der Waals surface area contributed by atoms with E-state index in [1.807, 2.05) is 6.92 Å². The van der Waals surface area contributed by atoms with Crippen LogP contribution in [0.4, 0.5) is 10.1 Å². The standard InChI is InChI=1S/C16H18FNO2S/c1-3-21(19,20)16-7-5-4-6-15(16)18-11-13-8-9-14(17)10-12(13)2/h4-10,18H,3,11H2,1-2H3. The molecule has 0 aliphatic rings. The second-order valence-corrected chi connectivity index (χ2v) is 7.07. The van der Waals surface area contributed by atoms with Gasteiger partial charge < -0.3 is 5.32 Å². The fraction of sp³-hybridized carbons (Fsp3) is 0.250. The summed E-state index contributed by atoms with van der Waals surface area (Å²) in [4.78, 5) is 0.298. The van der Waals surface area contributed by atoms with Gasteiger partial charge in [0.05, 0.1) is 16.3 Å². The Bertz CT molecular complexity index is 742. The predicted octanol–water partition coefficient (Wildman–Crippen LogP) is 3.54. The Morgan fingerprint density at radius 3 is 2.52 bits per heavy atom. The van der Waals surface area contributed by atoms with Crippen LogP contribution in [-0.4, -0.2) is 14.2 Å². The van der Waals surface area contributed by atoms with Crippen molar-refractivity contribution in [2.24, 2.45) is 0 Å². The molecule has 2 aromatic rings. The van der Waals surface area contributed by atoms with E-state index in [1.165, 1.54) is 12.1 Å². The molecule has 0 aliphatic carbocycles. The Labute approximate surface area is 124 Å². The first-order chi connectivity index (χ1) is 9.94. The molecule has 0 aromatic heterocycles. The molecule has 2 aromatic carbocycles. The molecule has 0 fully saturated rings. The second-order valence-electron chi connectivity index (χ2n) is 4.82. The van der Waals surface area contributed by atoms with Crippen molar-refractivity contribution in [1.82, 2.24) is 0 Å². The first kappa shape index (κ1) is 15.5. The van der Waals surface area contributed by atoms with E-state index >= 15 is 0 Å². The maximum absolute atomic E-state index is 13.1. The highest BCUT2D eigenvalue weighted by Crippen LogP contribution is 2.23. The Kier molecular flexibility index (Phi) is 4.63. The van der Waals surface area contributed by atoms with E-state index in [9.17, 15) is 12.8 Å². The Morgan fingerprint density at radius 1 is 1.14 bits per heavy atom. The van der Waals surface area contributed by atoms with E-state index in [4.69, 9.17) is 0 Å². The number of rotatable bonds is 5. The average molecular weight is 307 g/mol. The van der Waals surface area contributed by atoms with Gasteiger partial charge in [-0.1, -0.05) is 25.1 Å². The summed E-state index contributed by atoms with van der Waals surface area (Å²) in [6.45, 7) is 3.90. The summed E-state index contributed by atoms with van der Waals surface area (Å²) in [5, 5.41) is 3.13. The highest BCUT2D eigenvalue weighted by molar-refractivity contribution is 7.91. The van der Waals surface area contributed by atoms with Crippen LogP contribution in [0, 0.1) is 12.7 Å². The lowest BCUT2D eigenvalue weighted by Gasteiger charge is -2.13. The summed E-state index contributed by atoms with van der Waals surface area (Å²) in [6, 6.07) is 11.4. The molecule has 0 saturated heterocycles. The summed E-state index contributed by atoms with van der Waals surface area (Å²) in [7, 11) is -3.27. The minimum absolute atomic E-state index is 0.0568. The molecule has 0 bridgehead atoms. The molecule has 2 rings (SSSR count). The quantitative estimate of drug-likeness (QED) is 0.919. The van der Waals surface area contributed by atoms with Crippen molar-refractivity contribution in [3.63, 3.8) is 0 Å². The van der Waals surface area contributed by atoms with Crippen LogP contribution in [0.1, 0.15) is 18.1 Å². The van der Waals surface area contributed by atoms with Crippen LogP contribution in [0.3, 0.4) is 0 Å². The number of para-hydroxylation sites is 1. The van der Waals surface area contributed by atoms with Gasteiger partial charge in [-0.05, 0) is 42.3 Å². The molecular formula is C16H18FNO2S. The van der Waals surface area contributed by atoms with E-state index in [1.54, 1.807) is 37.3 Å². The van der Waals surface area contributed by atoms with Gasteiger partial charge in [0.15, 0.2) is 9.84 Å². The molecule has 0 atom stereocenters. The van der Waals surface area contributed by atoms with E-state index in [2.05, 4.69) is 5.32 Å². The fourth-order valence-corrected chi connectivity index (χ4v) is 3.16. The van der Waals surface area contributed by atoms with Gasteiger partial charge in [-0.3, -0.25) is 0 Å². The summed E-state index contributed by atoms with van der Waals surface area (Å²) >= 11 is 0. The normalized spacial score (nSPS) is 11.4. The zero-order chi connectivity index (χ0) is 15.5. The number of halogens is 1. The van der Waals surface area contributed by atoms with Crippen molar-refractivity contribution < 1.29 is 12.8 Å². The van der Waals surface area contributed by atoms with Crippen molar-refractivity contribution in [3.05, 3.63) is 59.4 Å². The van der Waals surface area contributed by atoms with Crippen LogP contribution < -0.4 is 5.32 Å². The lowest BCUT2D eigenvalue weighted by molar-refractivity contribution is 0.597. The van der Waals surface area contributed by atoms with Crippen LogP contribution in [0.25, 0.3) is 0 Å². The van der Waals surface area contributed by atoms with Gasteiger partial charge in [-0.15, -0.1) is 0 Å². The second kappa shape index (κ2) is 6.26. The van der Waals surface area contributed by atoms with Gasteiger partial charge in [0.2, 0.25) is 0 Å². The smallest absolute Gasteiger partial charge is 0.180 e. The zero-order valence-corrected chi connectivity index (χ0v) is 12.9. The van der Waals surface area contributed by atoms with Crippen molar-refractivity contribution in [1.29, 1.82) is 0 Å². The number of anilines is 1. The Balaban J connectivity index is 2.25. The van der Waals surface area contributed by atoms with Crippen LogP contribution in [0.2, 0.25) is 0 Å². The minimum Gasteiger partial charge on any atom is -0.380 e. The Morgan fingerprint density at radius 2 is 1.86 bits per heavy atom. The van der Waals surface area contributed by atoms with Crippen LogP contribution >= 0.6 is 0 Å². The molecule has 112 valence electrons. The molecule has 0 saturated carbocycles. The highest BCUT2D eigenvalue weighted by Gasteiger charge is 2.15. The molecule has 0 aliphatic heterocycles. The van der Waals surface area contributed by atoms with E-state index in [0.29, 0.717) is 17.1 Å². The maximum Gasteiger partial charge on any atom is 0.180 e. The van der Waals surface area contributed by atoms with E-state index in [0.717, 1.165) is 11.1 Å². The average Bonchev–Trinajstić information content (AvgIpc) is 2.46. The predicted molar refractivity (Wildman–Crippen MR) is 82.6 cm³/mol. The molecule has 0 unspecified atom stereocenters. The monoisotopic (exact) mass is 307 g/mol.